The summed E-state index contributed by atoms with van der Waals surface area (Å²) in [5.74, 6) is -0.319. The normalized spacial score (nSPS) is 10.5. The minimum absolute atomic E-state index is 0.0343. The summed E-state index contributed by atoms with van der Waals surface area (Å²) in [6, 6.07) is 26.6. The Bertz CT molecular complexity index is 1400. The first kappa shape index (κ1) is 24.8. The Morgan fingerprint density at radius 1 is 0.829 bits per heavy atom. The highest BCUT2D eigenvalue weighted by atomic mass is 79.9. The number of rotatable bonds is 5. The molecule has 4 rings (SSSR count). The van der Waals surface area contributed by atoms with Crippen LogP contribution in [0, 0.1) is 0 Å². The smallest absolute Gasteiger partial charge is 0.276 e. The molecule has 0 heterocycles. The maximum atomic E-state index is 12.4. The van der Waals surface area contributed by atoms with Crippen LogP contribution in [0.25, 0.3) is 21.9 Å². The maximum Gasteiger partial charge on any atom is 0.276 e. The summed E-state index contributed by atoms with van der Waals surface area (Å²) in [5.41, 5.74) is 7.43. The number of carbonyl (C=O) groups excluding carboxylic acids is 2. The molecule has 0 aliphatic heterocycles. The quantitative estimate of drug-likeness (QED) is 0.198. The fourth-order valence-corrected chi connectivity index (χ4v) is 4.44. The predicted molar refractivity (Wildman–Crippen MR) is 148 cm³/mol. The molecule has 0 aliphatic rings. The van der Waals surface area contributed by atoms with Gasteiger partial charge >= 0.3 is 0 Å². The fraction of sp³-hybridized carbons (Fsp3) is 0.0385. The van der Waals surface area contributed by atoms with E-state index in [2.05, 4.69) is 48.0 Å². The first-order valence-corrected chi connectivity index (χ1v) is 12.5. The molecule has 0 spiro atoms. The lowest BCUT2D eigenvalue weighted by atomic mass is 10.0. The van der Waals surface area contributed by atoms with Gasteiger partial charge in [0.05, 0.1) is 4.47 Å². The second-order valence-corrected chi connectivity index (χ2v) is 9.55. The summed E-state index contributed by atoms with van der Waals surface area (Å²) >= 11 is 12.1. The molecule has 6 nitrogen and oxygen atoms in total. The Morgan fingerprint density at radius 3 is 2.29 bits per heavy atom. The number of ether oxygens (including phenoxy) is 1. The van der Waals surface area contributed by atoms with Gasteiger partial charge in [0, 0.05) is 10.0 Å². The topological polar surface area (TPSA) is 79.5 Å². The van der Waals surface area contributed by atoms with Crippen molar-refractivity contribution in [2.75, 3.05) is 6.61 Å². The lowest BCUT2D eigenvalue weighted by molar-refractivity contribution is -0.123. The molecular weight excluding hydrogens is 594 g/mol. The van der Waals surface area contributed by atoms with Crippen molar-refractivity contribution in [3.8, 4) is 16.9 Å². The molecule has 2 amide bonds. The van der Waals surface area contributed by atoms with E-state index in [0.29, 0.717) is 11.3 Å². The van der Waals surface area contributed by atoms with Crippen molar-refractivity contribution < 1.29 is 14.3 Å². The van der Waals surface area contributed by atoms with Gasteiger partial charge < -0.3 is 4.74 Å². The summed E-state index contributed by atoms with van der Waals surface area (Å²) in [6.45, 7) is -0.245. The number of benzene rings is 4. The summed E-state index contributed by atoms with van der Waals surface area (Å²) in [7, 11) is 0. The van der Waals surface area contributed by atoms with Gasteiger partial charge in [-0.25, -0.2) is 0 Å². The van der Waals surface area contributed by atoms with Gasteiger partial charge in [-0.2, -0.15) is 0 Å². The molecule has 0 atom stereocenters. The van der Waals surface area contributed by atoms with Gasteiger partial charge in [-0.15, -0.1) is 0 Å². The van der Waals surface area contributed by atoms with E-state index in [1.165, 1.54) is 0 Å². The van der Waals surface area contributed by atoms with Crippen molar-refractivity contribution in [2.45, 2.75) is 0 Å². The van der Waals surface area contributed by atoms with Gasteiger partial charge in [-0.3, -0.25) is 25.8 Å². The van der Waals surface area contributed by atoms with Crippen LogP contribution in [0.2, 0.25) is 0 Å². The van der Waals surface area contributed by atoms with Gasteiger partial charge in [0.25, 0.3) is 11.8 Å². The standard InChI is InChI=1S/C26H19Br2N3O3S/c27-20-11-12-21-19(14-20)10-13-22(24(21)28)34-15-23(32)30-31-26(35)29-25(33)18-8-6-17(7-9-18)16-4-2-1-3-5-16/h1-14H,15H2,(H,30,32)(H2,29,31,33,35). The van der Waals surface area contributed by atoms with E-state index in [1.54, 1.807) is 18.2 Å². The summed E-state index contributed by atoms with van der Waals surface area (Å²) < 4.78 is 7.36. The number of thiocarbonyl (C=S) groups is 1. The first-order valence-electron chi connectivity index (χ1n) is 10.5. The average Bonchev–Trinajstić information content (AvgIpc) is 2.87. The zero-order valence-corrected chi connectivity index (χ0v) is 22.2. The number of nitrogens with one attached hydrogen (secondary N) is 3. The Labute approximate surface area is 224 Å². The van der Waals surface area contributed by atoms with Crippen LogP contribution in [0.5, 0.6) is 5.75 Å². The zero-order valence-electron chi connectivity index (χ0n) is 18.2. The van der Waals surface area contributed by atoms with Gasteiger partial charge in [-0.1, -0.05) is 70.5 Å². The van der Waals surface area contributed by atoms with Crippen molar-refractivity contribution >= 4 is 71.8 Å². The van der Waals surface area contributed by atoms with Crippen molar-refractivity contribution in [1.29, 1.82) is 0 Å². The van der Waals surface area contributed by atoms with Crippen molar-refractivity contribution in [3.05, 3.63) is 99.4 Å². The third-order valence-corrected chi connectivity index (χ3v) is 6.55. The third kappa shape index (κ3) is 6.45. The highest BCUT2D eigenvalue weighted by Crippen LogP contribution is 2.34. The minimum Gasteiger partial charge on any atom is -0.483 e. The molecule has 3 N–H and O–H groups in total. The number of fused-ring (bicyclic) bond motifs is 1. The van der Waals surface area contributed by atoms with E-state index in [-0.39, 0.29) is 17.6 Å². The second-order valence-electron chi connectivity index (χ2n) is 7.43. The average molecular weight is 613 g/mol. The van der Waals surface area contributed by atoms with Crippen LogP contribution >= 0.6 is 44.1 Å². The van der Waals surface area contributed by atoms with Crippen LogP contribution in [0.3, 0.4) is 0 Å². The Kier molecular flexibility index (Phi) is 8.12. The van der Waals surface area contributed by atoms with Gasteiger partial charge in [-0.05, 0) is 80.4 Å². The molecule has 0 aromatic heterocycles. The Balaban J connectivity index is 1.25. The number of hydrazine groups is 1. The first-order chi connectivity index (χ1) is 16.9. The van der Waals surface area contributed by atoms with Crippen molar-refractivity contribution in [2.24, 2.45) is 0 Å². The molecule has 9 heteroatoms. The molecule has 0 unspecified atom stereocenters. The predicted octanol–water partition coefficient (Wildman–Crippen LogP) is 5.75. The lowest BCUT2D eigenvalue weighted by Crippen LogP contribution is -2.49. The highest BCUT2D eigenvalue weighted by Gasteiger charge is 2.11. The van der Waals surface area contributed by atoms with Crippen LogP contribution in [-0.4, -0.2) is 23.5 Å². The van der Waals surface area contributed by atoms with E-state index in [4.69, 9.17) is 17.0 Å². The molecule has 0 saturated carbocycles. The lowest BCUT2D eigenvalue weighted by Gasteiger charge is -2.13. The van der Waals surface area contributed by atoms with Crippen LogP contribution in [0.15, 0.2) is 93.9 Å². The Hall–Kier alpha value is -3.27. The third-order valence-electron chi connectivity index (χ3n) is 5.04. The largest absolute Gasteiger partial charge is 0.483 e. The number of halogens is 2. The minimum atomic E-state index is -0.461. The molecule has 4 aromatic rings. The molecular formula is C26H19Br2N3O3S. The van der Waals surface area contributed by atoms with E-state index in [0.717, 1.165) is 30.8 Å². The zero-order chi connectivity index (χ0) is 24.8. The molecule has 0 aliphatic carbocycles. The van der Waals surface area contributed by atoms with E-state index >= 15 is 0 Å². The van der Waals surface area contributed by atoms with Crippen LogP contribution in [0.1, 0.15) is 10.4 Å². The highest BCUT2D eigenvalue weighted by molar-refractivity contribution is 9.11. The molecule has 0 fully saturated rings. The monoisotopic (exact) mass is 611 g/mol. The van der Waals surface area contributed by atoms with Gasteiger partial charge in [0.15, 0.2) is 11.7 Å². The SMILES string of the molecule is O=C(COc1ccc2cc(Br)ccc2c1Br)NNC(=S)NC(=O)c1ccc(-c2ccccc2)cc1. The van der Waals surface area contributed by atoms with Crippen molar-refractivity contribution in [3.63, 3.8) is 0 Å². The number of hydrogen-bond acceptors (Lipinski definition) is 4. The number of hydrogen-bond donors (Lipinski definition) is 3. The van der Waals surface area contributed by atoms with Crippen molar-refractivity contribution in [1.82, 2.24) is 16.2 Å². The molecule has 0 radical (unpaired) electrons. The van der Waals surface area contributed by atoms with Crippen LogP contribution < -0.4 is 20.9 Å². The van der Waals surface area contributed by atoms with E-state index in [1.807, 2.05) is 66.7 Å². The molecule has 0 saturated heterocycles. The number of amides is 2. The van der Waals surface area contributed by atoms with Crippen LogP contribution in [0.4, 0.5) is 0 Å². The summed E-state index contributed by atoms with van der Waals surface area (Å²) in [5, 5.41) is 4.49. The van der Waals surface area contributed by atoms with Gasteiger partial charge in [0.2, 0.25) is 0 Å². The van der Waals surface area contributed by atoms with E-state index < -0.39 is 5.91 Å². The van der Waals surface area contributed by atoms with Gasteiger partial charge in [0.1, 0.15) is 5.75 Å². The fourth-order valence-electron chi connectivity index (χ4n) is 3.31. The Morgan fingerprint density at radius 2 is 1.54 bits per heavy atom. The molecule has 4 aromatic carbocycles. The second kappa shape index (κ2) is 11.4. The summed E-state index contributed by atoms with van der Waals surface area (Å²) in [6.07, 6.45) is 0. The summed E-state index contributed by atoms with van der Waals surface area (Å²) in [4.78, 5) is 24.6. The molecule has 35 heavy (non-hydrogen) atoms. The molecule has 176 valence electrons. The maximum absolute atomic E-state index is 12.4. The number of carbonyl (C=O) groups is 2. The van der Waals surface area contributed by atoms with Crippen LogP contribution in [-0.2, 0) is 4.79 Å². The molecule has 0 bridgehead atoms. The van der Waals surface area contributed by atoms with E-state index in [9.17, 15) is 9.59 Å².